The Labute approximate surface area is 151 Å². The number of aromatic carboxylic acids is 1. The molecule has 0 bridgehead atoms. The van der Waals surface area contributed by atoms with Gasteiger partial charge in [-0.2, -0.15) is 0 Å². The van der Waals surface area contributed by atoms with Crippen LogP contribution in [0.25, 0.3) is 0 Å². The van der Waals surface area contributed by atoms with Crippen molar-refractivity contribution in [1.29, 1.82) is 0 Å². The predicted molar refractivity (Wildman–Crippen MR) is 95.2 cm³/mol. The van der Waals surface area contributed by atoms with Crippen LogP contribution in [0.1, 0.15) is 34.6 Å². The molecule has 26 heavy (non-hydrogen) atoms. The molecular formula is C19H22O7. The zero-order chi connectivity index (χ0) is 20.1. The van der Waals surface area contributed by atoms with Gasteiger partial charge in [0.2, 0.25) is 0 Å². The number of rotatable bonds is 4. The second-order valence-corrected chi connectivity index (χ2v) is 5.15. The van der Waals surface area contributed by atoms with E-state index in [4.69, 9.17) is 20.4 Å². The van der Waals surface area contributed by atoms with E-state index in [1.54, 1.807) is 62.4 Å². The third-order valence-electron chi connectivity index (χ3n) is 2.95. The van der Waals surface area contributed by atoms with Crippen molar-refractivity contribution in [3.63, 3.8) is 0 Å². The maximum absolute atomic E-state index is 10.7. The summed E-state index contributed by atoms with van der Waals surface area (Å²) in [5.74, 6) is -3.17. The van der Waals surface area contributed by atoms with E-state index in [0.717, 1.165) is 0 Å². The molecule has 140 valence electrons. The highest BCUT2D eigenvalue weighted by Gasteiger charge is 2.12. The summed E-state index contributed by atoms with van der Waals surface area (Å²) in [6.45, 7) is 3.09. The van der Waals surface area contributed by atoms with Crippen LogP contribution in [-0.2, 0) is 4.79 Å². The van der Waals surface area contributed by atoms with Crippen molar-refractivity contribution in [2.75, 3.05) is 0 Å². The van der Waals surface area contributed by atoms with E-state index in [-0.39, 0.29) is 5.56 Å². The summed E-state index contributed by atoms with van der Waals surface area (Å²) in [5, 5.41) is 33.4. The lowest BCUT2D eigenvalue weighted by molar-refractivity contribution is -0.131. The molecule has 0 fully saturated rings. The minimum absolute atomic E-state index is 0.208. The number of aliphatic hydroxyl groups excluding tert-OH is 2. The van der Waals surface area contributed by atoms with Crippen molar-refractivity contribution in [3.8, 4) is 0 Å². The lowest BCUT2D eigenvalue weighted by atomic mass is 10.1. The number of Topliss-reactive ketones (excluding diaryl/α,β-unsaturated/α-hetero) is 1. The first kappa shape index (κ1) is 23.0. The van der Waals surface area contributed by atoms with Gasteiger partial charge in [0, 0.05) is 5.56 Å². The number of carbonyl (C=O) groups is 3. The maximum atomic E-state index is 10.7. The van der Waals surface area contributed by atoms with Crippen LogP contribution in [0.2, 0.25) is 0 Å². The van der Waals surface area contributed by atoms with Gasteiger partial charge in [-0.3, -0.25) is 4.79 Å². The Morgan fingerprint density at radius 3 is 1.27 bits per heavy atom. The largest absolute Gasteiger partial charge is 0.478 e. The highest BCUT2D eigenvalue weighted by atomic mass is 16.4. The number of hydrogen-bond acceptors (Lipinski definition) is 5. The smallest absolute Gasteiger partial charge is 0.377 e. The Hall–Kier alpha value is -3.03. The standard InChI is InChI=1S/C8H6O3.C7H6O2.C4H10O2/c9-7(8(10)11)6-4-2-1-3-5-6;8-7(9)6-4-2-1-3-5-6;1-3(5)4(2)6/h1-5H,(H,10,11);1-5H,(H,8,9);3-6H,1-2H3. The zero-order valence-electron chi connectivity index (χ0n) is 14.4. The Morgan fingerprint density at radius 1 is 0.692 bits per heavy atom. The van der Waals surface area contributed by atoms with E-state index in [2.05, 4.69) is 0 Å². The third-order valence-corrected chi connectivity index (χ3v) is 2.95. The number of ketones is 1. The summed E-state index contributed by atoms with van der Waals surface area (Å²) in [6.07, 6.45) is -1.19. The SMILES string of the molecule is CC(O)C(C)O.O=C(O)C(=O)c1ccccc1.O=C(O)c1ccccc1. The first-order valence-electron chi connectivity index (χ1n) is 7.64. The molecule has 7 heteroatoms. The molecule has 0 heterocycles. The van der Waals surface area contributed by atoms with Gasteiger partial charge in [0.05, 0.1) is 17.8 Å². The van der Waals surface area contributed by atoms with E-state index >= 15 is 0 Å². The summed E-state index contributed by atoms with van der Waals surface area (Å²) < 4.78 is 0. The molecule has 2 unspecified atom stereocenters. The highest BCUT2D eigenvalue weighted by molar-refractivity contribution is 6.39. The average Bonchev–Trinajstić information content (AvgIpc) is 2.63. The van der Waals surface area contributed by atoms with Crippen LogP contribution in [-0.4, -0.2) is 50.4 Å². The van der Waals surface area contributed by atoms with E-state index in [9.17, 15) is 14.4 Å². The predicted octanol–water partition coefficient (Wildman–Crippen LogP) is 2.09. The molecule has 0 saturated heterocycles. The topological polar surface area (TPSA) is 132 Å². The molecule has 2 aromatic carbocycles. The van der Waals surface area contributed by atoms with Gasteiger partial charge in [0.1, 0.15) is 0 Å². The Morgan fingerprint density at radius 2 is 1.04 bits per heavy atom. The van der Waals surface area contributed by atoms with E-state index < -0.39 is 29.9 Å². The monoisotopic (exact) mass is 362 g/mol. The molecule has 0 aliphatic heterocycles. The summed E-state index contributed by atoms with van der Waals surface area (Å²) in [4.78, 5) is 31.1. The number of aliphatic hydroxyl groups is 2. The van der Waals surface area contributed by atoms with Crippen molar-refractivity contribution >= 4 is 17.7 Å². The summed E-state index contributed by atoms with van der Waals surface area (Å²) in [5.41, 5.74) is 0.539. The van der Waals surface area contributed by atoms with Crippen LogP contribution in [0.4, 0.5) is 0 Å². The molecule has 0 spiro atoms. The number of carboxylic acids is 2. The lowest BCUT2D eigenvalue weighted by Gasteiger charge is -2.03. The van der Waals surface area contributed by atoms with E-state index in [1.165, 1.54) is 12.1 Å². The van der Waals surface area contributed by atoms with Gasteiger partial charge >= 0.3 is 11.9 Å². The molecule has 2 atom stereocenters. The molecule has 0 aliphatic carbocycles. The maximum Gasteiger partial charge on any atom is 0.377 e. The van der Waals surface area contributed by atoms with E-state index in [0.29, 0.717) is 5.56 Å². The van der Waals surface area contributed by atoms with Gasteiger partial charge in [-0.1, -0.05) is 48.5 Å². The van der Waals surface area contributed by atoms with Crippen LogP contribution < -0.4 is 0 Å². The van der Waals surface area contributed by atoms with Crippen molar-refractivity contribution in [2.45, 2.75) is 26.1 Å². The number of carboxylic acid groups (broad SMARTS) is 2. The van der Waals surface area contributed by atoms with Crippen LogP contribution in [0.5, 0.6) is 0 Å². The van der Waals surface area contributed by atoms with Gasteiger partial charge < -0.3 is 20.4 Å². The molecule has 4 N–H and O–H groups in total. The van der Waals surface area contributed by atoms with Crippen LogP contribution in [0.15, 0.2) is 60.7 Å². The van der Waals surface area contributed by atoms with Crippen molar-refractivity contribution < 1.29 is 34.8 Å². The van der Waals surface area contributed by atoms with Crippen molar-refractivity contribution in [3.05, 3.63) is 71.8 Å². The van der Waals surface area contributed by atoms with Gasteiger partial charge in [-0.15, -0.1) is 0 Å². The molecule has 2 aromatic rings. The average molecular weight is 362 g/mol. The number of benzene rings is 2. The van der Waals surface area contributed by atoms with Crippen molar-refractivity contribution in [2.24, 2.45) is 0 Å². The minimum Gasteiger partial charge on any atom is -0.478 e. The normalized spacial score (nSPS) is 11.5. The van der Waals surface area contributed by atoms with Gasteiger partial charge in [0.15, 0.2) is 0 Å². The zero-order valence-corrected chi connectivity index (χ0v) is 14.4. The molecule has 0 saturated carbocycles. The summed E-state index contributed by atoms with van der Waals surface area (Å²) in [7, 11) is 0. The Balaban J connectivity index is 0.000000378. The molecular weight excluding hydrogens is 340 g/mol. The molecule has 2 rings (SSSR count). The molecule has 0 amide bonds. The molecule has 0 aromatic heterocycles. The van der Waals surface area contributed by atoms with Gasteiger partial charge in [0.25, 0.3) is 5.78 Å². The first-order valence-corrected chi connectivity index (χ1v) is 7.64. The van der Waals surface area contributed by atoms with Gasteiger partial charge in [-0.05, 0) is 26.0 Å². The Bertz CT molecular complexity index is 674. The fraction of sp³-hybridized carbons (Fsp3) is 0.211. The molecule has 0 aliphatic rings. The quantitative estimate of drug-likeness (QED) is 0.483. The molecule has 7 nitrogen and oxygen atoms in total. The Kier molecular flexibility index (Phi) is 10.9. The first-order chi connectivity index (χ1) is 12.2. The van der Waals surface area contributed by atoms with Crippen LogP contribution in [0.3, 0.4) is 0 Å². The third kappa shape index (κ3) is 9.96. The lowest BCUT2D eigenvalue weighted by Crippen LogP contribution is -2.17. The van der Waals surface area contributed by atoms with E-state index in [1.807, 2.05) is 0 Å². The van der Waals surface area contributed by atoms with Crippen LogP contribution in [0, 0.1) is 0 Å². The second-order valence-electron chi connectivity index (χ2n) is 5.15. The fourth-order valence-electron chi connectivity index (χ4n) is 1.29. The highest BCUT2D eigenvalue weighted by Crippen LogP contribution is 1.99. The van der Waals surface area contributed by atoms with Gasteiger partial charge in [-0.25, -0.2) is 9.59 Å². The number of aliphatic carboxylic acids is 1. The van der Waals surface area contributed by atoms with Crippen molar-refractivity contribution in [1.82, 2.24) is 0 Å². The minimum atomic E-state index is -1.42. The summed E-state index contributed by atoms with van der Waals surface area (Å²) in [6, 6.07) is 16.2. The summed E-state index contributed by atoms with van der Waals surface area (Å²) >= 11 is 0. The number of hydrogen-bond donors (Lipinski definition) is 4. The second kappa shape index (κ2) is 12.3. The number of carbonyl (C=O) groups excluding carboxylic acids is 1. The van der Waals surface area contributed by atoms with Crippen LogP contribution >= 0.6 is 0 Å². The molecule has 0 radical (unpaired) electrons. The fourth-order valence-corrected chi connectivity index (χ4v) is 1.29.